The van der Waals surface area contributed by atoms with Crippen LogP contribution in [0.25, 0.3) is 88.3 Å². The molecule has 0 aliphatic rings. The Morgan fingerprint density at radius 2 is 0.708 bits per heavy atom. The average Bonchev–Trinajstić information content (AvgIpc) is 3.18. The summed E-state index contributed by atoms with van der Waals surface area (Å²) in [7, 11) is 0. The van der Waals surface area contributed by atoms with E-state index in [0.29, 0.717) is 5.82 Å². The van der Waals surface area contributed by atoms with Crippen LogP contribution in [0.1, 0.15) is 0 Å². The maximum atomic E-state index is 5.01. The fourth-order valence-electron chi connectivity index (χ4n) is 6.95. The molecule has 0 radical (unpaired) electrons. The first-order valence-corrected chi connectivity index (χ1v) is 16.3. The minimum absolute atomic E-state index is 0.712. The third-order valence-corrected chi connectivity index (χ3v) is 9.32. The van der Waals surface area contributed by atoms with E-state index < -0.39 is 0 Å². The molecule has 9 rings (SSSR count). The molecule has 0 aliphatic carbocycles. The van der Waals surface area contributed by atoms with Gasteiger partial charge in [-0.05, 0) is 96.0 Å². The monoisotopic (exact) mass is 610 g/mol. The van der Waals surface area contributed by atoms with Crippen LogP contribution >= 0.6 is 0 Å². The van der Waals surface area contributed by atoms with Crippen molar-refractivity contribution in [2.75, 3.05) is 0 Å². The van der Waals surface area contributed by atoms with E-state index in [-0.39, 0.29) is 0 Å². The number of hydrogen-bond donors (Lipinski definition) is 0. The quantitative estimate of drug-likeness (QED) is 0.181. The van der Waals surface area contributed by atoms with Crippen LogP contribution < -0.4 is 0 Å². The van der Waals surface area contributed by atoms with E-state index in [4.69, 9.17) is 4.98 Å². The lowest BCUT2D eigenvalue weighted by Gasteiger charge is -2.13. The first-order valence-electron chi connectivity index (χ1n) is 16.3. The molecule has 224 valence electrons. The van der Waals surface area contributed by atoms with Crippen molar-refractivity contribution in [3.63, 3.8) is 0 Å². The van der Waals surface area contributed by atoms with Crippen LogP contribution in [-0.4, -0.2) is 9.97 Å². The van der Waals surface area contributed by atoms with E-state index in [9.17, 15) is 0 Å². The molecule has 0 spiro atoms. The molecule has 0 saturated heterocycles. The molecule has 0 fully saturated rings. The summed E-state index contributed by atoms with van der Waals surface area (Å²) in [6.07, 6.45) is 1.85. The largest absolute Gasteiger partial charge is 0.237 e. The molecule has 8 aromatic carbocycles. The topological polar surface area (TPSA) is 25.8 Å². The number of hydrogen-bond acceptors (Lipinski definition) is 2. The van der Waals surface area contributed by atoms with Crippen molar-refractivity contribution < 1.29 is 0 Å². The van der Waals surface area contributed by atoms with Crippen LogP contribution in [0.5, 0.6) is 0 Å². The van der Waals surface area contributed by atoms with Crippen LogP contribution in [0.2, 0.25) is 0 Å². The predicted molar refractivity (Wildman–Crippen MR) is 202 cm³/mol. The van der Waals surface area contributed by atoms with Gasteiger partial charge in [0.25, 0.3) is 0 Å². The Bertz CT molecular complexity index is 2580. The lowest BCUT2D eigenvalue weighted by atomic mass is 9.91. The van der Waals surface area contributed by atoms with Crippen LogP contribution in [0.3, 0.4) is 0 Å². The molecule has 48 heavy (non-hydrogen) atoms. The number of fused-ring (bicyclic) bond motifs is 6. The van der Waals surface area contributed by atoms with Gasteiger partial charge in [0, 0.05) is 17.3 Å². The molecule has 0 unspecified atom stereocenters. The van der Waals surface area contributed by atoms with Gasteiger partial charge in [0.1, 0.15) is 0 Å². The maximum absolute atomic E-state index is 5.01. The van der Waals surface area contributed by atoms with Gasteiger partial charge in [0.2, 0.25) is 0 Å². The molecule has 2 nitrogen and oxygen atoms in total. The zero-order chi connectivity index (χ0) is 31.9. The van der Waals surface area contributed by atoms with Gasteiger partial charge in [-0.25, -0.2) is 9.97 Å². The normalized spacial score (nSPS) is 11.3. The summed E-state index contributed by atoms with van der Waals surface area (Å²) in [4.78, 5) is 9.69. The van der Waals surface area contributed by atoms with E-state index >= 15 is 0 Å². The van der Waals surface area contributed by atoms with Gasteiger partial charge < -0.3 is 0 Å². The molecule has 9 aromatic rings. The zero-order valence-corrected chi connectivity index (χ0v) is 26.2. The smallest absolute Gasteiger partial charge is 0.159 e. The van der Waals surface area contributed by atoms with Gasteiger partial charge in [-0.3, -0.25) is 0 Å². The van der Waals surface area contributed by atoms with Crippen molar-refractivity contribution >= 4 is 32.3 Å². The Morgan fingerprint density at radius 1 is 0.271 bits per heavy atom. The van der Waals surface area contributed by atoms with Crippen molar-refractivity contribution in [2.45, 2.75) is 0 Å². The van der Waals surface area contributed by atoms with Crippen LogP contribution in [0.4, 0.5) is 0 Å². The molecule has 0 N–H and O–H groups in total. The van der Waals surface area contributed by atoms with E-state index in [1.165, 1.54) is 54.6 Å². The van der Waals surface area contributed by atoms with Gasteiger partial charge in [0.05, 0.1) is 5.69 Å². The molecule has 0 saturated carbocycles. The van der Waals surface area contributed by atoms with Crippen molar-refractivity contribution in [1.82, 2.24) is 9.97 Å². The first-order chi connectivity index (χ1) is 23.8. The number of rotatable bonds is 5. The Morgan fingerprint density at radius 3 is 1.35 bits per heavy atom. The second-order valence-corrected chi connectivity index (χ2v) is 12.2. The summed E-state index contributed by atoms with van der Waals surface area (Å²) in [6, 6.07) is 62.7. The SMILES string of the molecule is c1ccc(-c2cccc(-c3ccnc(-c4cccc(-c5cccc(-c6ccc7c8ccccc8c8ccccc8c7c6)c5)c4)n3)c2)cc1. The van der Waals surface area contributed by atoms with E-state index in [2.05, 4.69) is 169 Å². The zero-order valence-electron chi connectivity index (χ0n) is 26.2. The first kappa shape index (κ1) is 27.9. The Hall–Kier alpha value is -6.38. The summed E-state index contributed by atoms with van der Waals surface area (Å²) in [5.41, 5.74) is 10.0. The highest BCUT2D eigenvalue weighted by atomic mass is 14.9. The van der Waals surface area contributed by atoms with E-state index in [0.717, 1.165) is 27.9 Å². The summed E-state index contributed by atoms with van der Waals surface area (Å²) >= 11 is 0. The second kappa shape index (κ2) is 11.8. The minimum Gasteiger partial charge on any atom is -0.237 e. The molecule has 1 aromatic heterocycles. The third kappa shape index (κ3) is 5.01. The Labute approximate surface area is 279 Å². The lowest BCUT2D eigenvalue weighted by molar-refractivity contribution is 1.18. The summed E-state index contributed by atoms with van der Waals surface area (Å²) in [5.74, 6) is 0.712. The summed E-state index contributed by atoms with van der Waals surface area (Å²) < 4.78 is 0. The molecular weight excluding hydrogens is 581 g/mol. The fourth-order valence-corrected chi connectivity index (χ4v) is 6.95. The molecule has 0 atom stereocenters. The van der Waals surface area contributed by atoms with Crippen LogP contribution in [0, 0.1) is 0 Å². The number of benzene rings is 8. The van der Waals surface area contributed by atoms with Crippen LogP contribution in [0.15, 0.2) is 182 Å². The number of nitrogens with zero attached hydrogens (tertiary/aromatic N) is 2. The van der Waals surface area contributed by atoms with Gasteiger partial charge in [0.15, 0.2) is 5.82 Å². The van der Waals surface area contributed by atoms with E-state index in [1.807, 2.05) is 18.3 Å². The van der Waals surface area contributed by atoms with Crippen molar-refractivity contribution in [3.05, 3.63) is 182 Å². The summed E-state index contributed by atoms with van der Waals surface area (Å²) in [5, 5.41) is 7.72. The average molecular weight is 611 g/mol. The molecule has 1 heterocycles. The predicted octanol–water partition coefficient (Wildman–Crippen LogP) is 12.3. The van der Waals surface area contributed by atoms with Gasteiger partial charge in [-0.1, -0.05) is 146 Å². The second-order valence-electron chi connectivity index (χ2n) is 12.2. The standard InChI is InChI=1S/C46H30N2/c1-2-11-31(12-3-1)32-13-9-17-37(28-32)45-25-26-47-46(48-45)38-18-10-16-35(29-38)33-14-8-15-34(27-33)36-23-24-43-41-21-5-4-19-39(41)40-20-6-7-22-42(40)44(43)30-36/h1-30H. The minimum atomic E-state index is 0.712. The molecule has 0 amide bonds. The van der Waals surface area contributed by atoms with Gasteiger partial charge in [-0.15, -0.1) is 0 Å². The molecular formula is C46H30N2. The fraction of sp³-hybridized carbons (Fsp3) is 0. The molecule has 0 bridgehead atoms. The highest BCUT2D eigenvalue weighted by molar-refractivity contribution is 6.25. The van der Waals surface area contributed by atoms with Crippen molar-refractivity contribution in [3.8, 4) is 56.0 Å². The van der Waals surface area contributed by atoms with Crippen molar-refractivity contribution in [1.29, 1.82) is 0 Å². The molecule has 2 heteroatoms. The van der Waals surface area contributed by atoms with Gasteiger partial charge >= 0.3 is 0 Å². The summed E-state index contributed by atoms with van der Waals surface area (Å²) in [6.45, 7) is 0. The Balaban J connectivity index is 1.07. The van der Waals surface area contributed by atoms with E-state index in [1.54, 1.807) is 0 Å². The highest BCUT2D eigenvalue weighted by Gasteiger charge is 2.12. The highest BCUT2D eigenvalue weighted by Crippen LogP contribution is 2.38. The number of aromatic nitrogens is 2. The molecule has 0 aliphatic heterocycles. The van der Waals surface area contributed by atoms with Crippen LogP contribution in [-0.2, 0) is 0 Å². The third-order valence-electron chi connectivity index (χ3n) is 9.32. The maximum Gasteiger partial charge on any atom is 0.159 e. The lowest BCUT2D eigenvalue weighted by Crippen LogP contribution is -1.92. The van der Waals surface area contributed by atoms with Crippen molar-refractivity contribution in [2.24, 2.45) is 0 Å². The van der Waals surface area contributed by atoms with Gasteiger partial charge in [-0.2, -0.15) is 0 Å². The Kier molecular flexibility index (Phi) is 6.84.